The molecule has 45 heavy (non-hydrogen) atoms. The molecule has 0 spiro atoms. The lowest BCUT2D eigenvalue weighted by atomic mass is 9.92. The monoisotopic (exact) mass is 763 g/mol. The quantitative estimate of drug-likeness (QED) is 0.0620. The number of rotatable bonds is 17. The highest BCUT2D eigenvalue weighted by Gasteiger charge is 2.38. The summed E-state index contributed by atoms with van der Waals surface area (Å²) >= 11 is 28.7. The summed E-state index contributed by atoms with van der Waals surface area (Å²) in [6.45, 7) is 6.41. The second kappa shape index (κ2) is 27.5. The molecule has 1 aromatic rings. The SMILES string of the molecule is CC(S)CC(=O)OCC(COC(=O)CC(C)S)(COC(=O)CC(C)S)COC(=O)CC(C)S.NCCS.Sc1ccc(S)cc1. The highest BCUT2D eigenvalue weighted by molar-refractivity contribution is 7.81. The number of thiol groups is 7. The average molecular weight is 764 g/mol. The summed E-state index contributed by atoms with van der Waals surface area (Å²) in [5.74, 6) is -1.36. The molecular weight excluding hydrogens is 715 g/mol. The molecule has 0 heterocycles. The number of carbonyl (C=O) groups excluding carboxylic acids is 4. The average Bonchev–Trinajstić information content (AvgIpc) is 2.93. The Bertz CT molecular complexity index is 847. The molecule has 0 amide bonds. The second-order valence-corrected chi connectivity index (χ2v) is 15.4. The van der Waals surface area contributed by atoms with Gasteiger partial charge in [-0.25, -0.2) is 0 Å². The molecule has 9 nitrogen and oxygen atoms in total. The Morgan fingerprint density at radius 2 is 0.800 bits per heavy atom. The van der Waals surface area contributed by atoms with Crippen LogP contribution in [-0.4, -0.2) is 83.6 Å². The number of carbonyl (C=O) groups is 4. The Kier molecular flexibility index (Phi) is 28.5. The molecule has 0 aliphatic rings. The Balaban J connectivity index is 0. The van der Waals surface area contributed by atoms with Crippen molar-refractivity contribution >= 4 is 112 Å². The smallest absolute Gasteiger partial charge is 0.306 e. The van der Waals surface area contributed by atoms with Gasteiger partial charge in [0.05, 0.1) is 25.7 Å². The van der Waals surface area contributed by atoms with Crippen LogP contribution in [0.25, 0.3) is 0 Å². The van der Waals surface area contributed by atoms with E-state index in [0.717, 1.165) is 15.5 Å². The molecule has 260 valence electrons. The zero-order valence-corrected chi connectivity index (χ0v) is 32.4. The molecule has 0 radical (unpaired) electrons. The van der Waals surface area contributed by atoms with Crippen LogP contribution in [0.2, 0.25) is 0 Å². The van der Waals surface area contributed by atoms with E-state index in [1.54, 1.807) is 27.7 Å². The van der Waals surface area contributed by atoms with Gasteiger partial charge in [0.1, 0.15) is 31.8 Å². The van der Waals surface area contributed by atoms with E-state index in [1.165, 1.54) is 0 Å². The lowest BCUT2D eigenvalue weighted by Crippen LogP contribution is -2.44. The Hall–Kier alpha value is -0.490. The highest BCUT2D eigenvalue weighted by atomic mass is 32.1. The summed E-state index contributed by atoms with van der Waals surface area (Å²) in [5, 5.41) is -0.922. The molecule has 0 aromatic heterocycles. The largest absolute Gasteiger partial charge is 0.465 e. The van der Waals surface area contributed by atoms with Gasteiger partial charge in [0.2, 0.25) is 0 Å². The fourth-order valence-electron chi connectivity index (χ4n) is 2.84. The third-order valence-electron chi connectivity index (χ3n) is 4.98. The van der Waals surface area contributed by atoms with Crippen LogP contribution in [0.15, 0.2) is 34.1 Å². The van der Waals surface area contributed by atoms with E-state index in [4.69, 9.17) is 24.7 Å². The summed E-state index contributed by atoms with van der Waals surface area (Å²) in [6.07, 6.45) is 0.183. The van der Waals surface area contributed by atoms with Gasteiger partial charge in [-0.15, -0.1) is 25.3 Å². The van der Waals surface area contributed by atoms with E-state index in [0.29, 0.717) is 6.54 Å². The van der Waals surface area contributed by atoms with Crippen LogP contribution in [0, 0.1) is 5.41 Å². The first-order chi connectivity index (χ1) is 20.9. The molecule has 1 rings (SSSR count). The Labute approximate surface area is 306 Å². The molecular formula is C29H49NO8S7. The molecule has 2 N–H and O–H groups in total. The maximum atomic E-state index is 12.1. The van der Waals surface area contributed by atoms with Gasteiger partial charge in [-0.2, -0.15) is 63.1 Å². The maximum Gasteiger partial charge on any atom is 0.306 e. The van der Waals surface area contributed by atoms with Crippen molar-refractivity contribution in [3.8, 4) is 0 Å². The standard InChI is InChI=1S/C21H36O8S4.C6H6S2.C2H7NS/c1-13(30)5-17(22)26-9-21(10-27-18(23)6-14(2)31,11-28-19(24)7-15(3)32)12-29-20(25)8-16(4)33;7-5-1-2-6(8)4-3-5;3-1-2-4/h13-16,30-33H,5-12H2,1-4H3;1-4,7-8H;4H,1-3H2. The summed E-state index contributed by atoms with van der Waals surface area (Å²) in [4.78, 5) is 50.5. The third kappa shape index (κ3) is 29.4. The lowest BCUT2D eigenvalue weighted by Gasteiger charge is -2.32. The Morgan fingerprint density at radius 3 is 0.956 bits per heavy atom. The van der Waals surface area contributed by atoms with E-state index in [-0.39, 0.29) is 73.1 Å². The number of esters is 4. The second-order valence-electron chi connectivity index (χ2n) is 10.4. The van der Waals surface area contributed by atoms with Crippen LogP contribution in [0.4, 0.5) is 0 Å². The van der Waals surface area contributed by atoms with Crippen LogP contribution >= 0.6 is 88.4 Å². The minimum atomic E-state index is -1.30. The van der Waals surface area contributed by atoms with Gasteiger partial charge in [-0.3, -0.25) is 19.2 Å². The van der Waals surface area contributed by atoms with E-state index >= 15 is 0 Å². The minimum absolute atomic E-state index is 0.0457. The molecule has 16 heteroatoms. The number of hydrogen-bond donors (Lipinski definition) is 8. The van der Waals surface area contributed by atoms with Crippen molar-refractivity contribution in [1.29, 1.82) is 0 Å². The zero-order chi connectivity index (χ0) is 35.0. The van der Waals surface area contributed by atoms with Crippen LogP contribution in [0.5, 0.6) is 0 Å². The number of benzene rings is 1. The zero-order valence-electron chi connectivity index (χ0n) is 26.2. The van der Waals surface area contributed by atoms with Crippen molar-refractivity contribution in [2.75, 3.05) is 38.7 Å². The first-order valence-corrected chi connectivity index (χ1v) is 17.7. The topological polar surface area (TPSA) is 131 Å². The van der Waals surface area contributed by atoms with Crippen molar-refractivity contribution in [3.05, 3.63) is 24.3 Å². The number of ether oxygens (including phenoxy) is 4. The van der Waals surface area contributed by atoms with Crippen molar-refractivity contribution in [1.82, 2.24) is 0 Å². The van der Waals surface area contributed by atoms with Crippen molar-refractivity contribution in [2.24, 2.45) is 11.1 Å². The van der Waals surface area contributed by atoms with Gasteiger partial charge in [0.15, 0.2) is 0 Å². The van der Waals surface area contributed by atoms with Gasteiger partial charge in [0.25, 0.3) is 0 Å². The molecule has 0 saturated carbocycles. The predicted octanol–water partition coefficient (Wildman–Crippen LogP) is 5.12. The van der Waals surface area contributed by atoms with E-state index in [2.05, 4.69) is 88.4 Å². The van der Waals surface area contributed by atoms with E-state index in [1.807, 2.05) is 24.3 Å². The summed E-state index contributed by atoms with van der Waals surface area (Å²) in [5.41, 5.74) is 3.66. The van der Waals surface area contributed by atoms with Crippen molar-refractivity contribution in [3.63, 3.8) is 0 Å². The molecule has 1 aromatic carbocycles. The fraction of sp³-hybridized carbons (Fsp3) is 0.655. The normalized spacial score (nSPS) is 14.4. The van der Waals surface area contributed by atoms with Crippen molar-refractivity contribution in [2.45, 2.75) is 84.2 Å². The molecule has 0 aliphatic carbocycles. The molecule has 4 atom stereocenters. The minimum Gasteiger partial charge on any atom is -0.465 e. The van der Waals surface area contributed by atoms with Crippen molar-refractivity contribution < 1.29 is 38.1 Å². The molecule has 0 bridgehead atoms. The number of nitrogens with two attached hydrogens (primary N) is 1. The van der Waals surface area contributed by atoms with Crippen LogP contribution in [0.1, 0.15) is 53.4 Å². The summed E-state index contributed by atoms with van der Waals surface area (Å²) in [6, 6.07) is 7.63. The van der Waals surface area contributed by atoms with Crippen LogP contribution in [0.3, 0.4) is 0 Å². The van der Waals surface area contributed by atoms with E-state index < -0.39 is 29.3 Å². The van der Waals surface area contributed by atoms with Crippen LogP contribution in [-0.2, 0) is 38.1 Å². The first kappa shape index (κ1) is 46.6. The summed E-state index contributed by atoms with van der Waals surface area (Å²) < 4.78 is 21.4. The van der Waals surface area contributed by atoms with E-state index in [9.17, 15) is 19.2 Å². The third-order valence-corrected chi connectivity index (χ3v) is 6.57. The van der Waals surface area contributed by atoms with Gasteiger partial charge < -0.3 is 24.7 Å². The summed E-state index contributed by atoms with van der Waals surface area (Å²) in [7, 11) is 0. The van der Waals surface area contributed by atoms with Gasteiger partial charge in [0, 0.05) is 43.1 Å². The molecule has 0 aliphatic heterocycles. The molecule has 0 saturated heterocycles. The Morgan fingerprint density at radius 1 is 0.600 bits per heavy atom. The lowest BCUT2D eigenvalue weighted by molar-refractivity contribution is -0.170. The maximum absolute atomic E-state index is 12.1. The number of hydrogen-bond acceptors (Lipinski definition) is 16. The molecule has 4 unspecified atom stereocenters. The predicted molar refractivity (Wildman–Crippen MR) is 202 cm³/mol. The fourth-order valence-corrected chi connectivity index (χ4v) is 3.73. The van der Waals surface area contributed by atoms with Gasteiger partial charge in [-0.05, 0) is 24.3 Å². The first-order valence-electron chi connectivity index (χ1n) is 14.1. The van der Waals surface area contributed by atoms with Gasteiger partial charge >= 0.3 is 23.9 Å². The van der Waals surface area contributed by atoms with Gasteiger partial charge in [-0.1, -0.05) is 27.7 Å². The highest BCUT2D eigenvalue weighted by Crippen LogP contribution is 2.23. The van der Waals surface area contributed by atoms with Crippen LogP contribution < -0.4 is 5.73 Å². The molecule has 0 fully saturated rings.